The Morgan fingerprint density at radius 2 is 1.72 bits per heavy atom. The van der Waals surface area contributed by atoms with Gasteiger partial charge in [0.15, 0.2) is 12.4 Å². The van der Waals surface area contributed by atoms with Crippen molar-refractivity contribution in [2.75, 3.05) is 0 Å². The summed E-state index contributed by atoms with van der Waals surface area (Å²) in [6.45, 7) is 2.12. The zero-order chi connectivity index (χ0) is 17.1. The van der Waals surface area contributed by atoms with E-state index in [1.54, 1.807) is 0 Å². The summed E-state index contributed by atoms with van der Waals surface area (Å²) in [5.74, 6) is 3.14. The van der Waals surface area contributed by atoms with Crippen LogP contribution in [0.3, 0.4) is 0 Å². The third-order valence-electron chi connectivity index (χ3n) is 3.57. The molecule has 1 N–H and O–H groups in total. The molecule has 0 saturated heterocycles. The molecule has 4 aromatic rings. The Hall–Kier alpha value is -3.48. The molecule has 0 aliphatic rings. The van der Waals surface area contributed by atoms with Crippen molar-refractivity contribution in [2.45, 2.75) is 13.5 Å². The number of rotatable bonds is 5. The van der Waals surface area contributed by atoms with Gasteiger partial charge in [-0.2, -0.15) is 10.1 Å². The third-order valence-corrected chi connectivity index (χ3v) is 3.57. The zero-order valence-electron chi connectivity index (χ0n) is 13.5. The Bertz CT molecular complexity index is 961. The summed E-state index contributed by atoms with van der Waals surface area (Å²) in [5, 5.41) is 10.9. The van der Waals surface area contributed by atoms with Gasteiger partial charge in [0.1, 0.15) is 11.6 Å². The van der Waals surface area contributed by atoms with Crippen LogP contribution in [0.1, 0.15) is 11.6 Å². The zero-order valence-corrected chi connectivity index (χ0v) is 13.5. The first-order valence-corrected chi connectivity index (χ1v) is 7.78. The number of nitrogens with zero attached hydrogens (tertiary/aromatic N) is 4. The minimum Gasteiger partial charge on any atom is -0.485 e. The van der Waals surface area contributed by atoms with Crippen molar-refractivity contribution >= 4 is 0 Å². The predicted molar refractivity (Wildman–Crippen MR) is 90.6 cm³/mol. The van der Waals surface area contributed by atoms with Crippen molar-refractivity contribution in [1.82, 2.24) is 25.3 Å². The standard InChI is InChI=1S/C18H15N5O2/c1-12-19-17(22-21-12)13-7-9-14(10-8-13)18-20-16(23-25-18)11-24-15-5-3-2-4-6-15/h2-10H,11H2,1H3,(H,19,21,22). The number of aromatic nitrogens is 5. The summed E-state index contributed by atoms with van der Waals surface area (Å²) in [6, 6.07) is 17.2. The van der Waals surface area contributed by atoms with Gasteiger partial charge in [-0.15, -0.1) is 0 Å². The number of hydrogen-bond donors (Lipinski definition) is 1. The number of hydrogen-bond acceptors (Lipinski definition) is 6. The fourth-order valence-corrected chi connectivity index (χ4v) is 2.33. The molecule has 7 heteroatoms. The molecule has 0 radical (unpaired) electrons. The van der Waals surface area contributed by atoms with Crippen LogP contribution < -0.4 is 4.74 Å². The smallest absolute Gasteiger partial charge is 0.258 e. The van der Waals surface area contributed by atoms with Gasteiger partial charge in [-0.25, -0.2) is 4.98 Å². The van der Waals surface area contributed by atoms with Gasteiger partial charge in [-0.1, -0.05) is 35.5 Å². The highest BCUT2D eigenvalue weighted by Crippen LogP contribution is 2.22. The van der Waals surface area contributed by atoms with Crippen molar-refractivity contribution in [1.29, 1.82) is 0 Å². The molecule has 124 valence electrons. The van der Waals surface area contributed by atoms with E-state index < -0.39 is 0 Å². The van der Waals surface area contributed by atoms with E-state index in [9.17, 15) is 0 Å². The van der Waals surface area contributed by atoms with Gasteiger partial charge in [0, 0.05) is 11.1 Å². The first kappa shape index (κ1) is 15.1. The maximum absolute atomic E-state index is 5.62. The fraction of sp³-hybridized carbons (Fsp3) is 0.111. The summed E-state index contributed by atoms with van der Waals surface area (Å²) < 4.78 is 10.9. The maximum Gasteiger partial charge on any atom is 0.258 e. The number of para-hydroxylation sites is 1. The number of benzene rings is 2. The van der Waals surface area contributed by atoms with E-state index in [0.717, 1.165) is 22.7 Å². The molecule has 0 spiro atoms. The molecule has 2 aromatic heterocycles. The van der Waals surface area contributed by atoms with Crippen molar-refractivity contribution in [2.24, 2.45) is 0 Å². The highest BCUT2D eigenvalue weighted by molar-refractivity contribution is 5.62. The van der Waals surface area contributed by atoms with E-state index in [1.165, 1.54) is 0 Å². The number of aromatic amines is 1. The SMILES string of the molecule is Cc1nc(-c2ccc(-c3nc(COc4ccccc4)no3)cc2)n[nH]1. The van der Waals surface area contributed by atoms with E-state index in [0.29, 0.717) is 17.5 Å². The van der Waals surface area contributed by atoms with Crippen molar-refractivity contribution < 1.29 is 9.26 Å². The molecule has 0 fully saturated rings. The Morgan fingerprint density at radius 1 is 0.960 bits per heavy atom. The minimum atomic E-state index is 0.252. The van der Waals surface area contributed by atoms with E-state index in [1.807, 2.05) is 61.5 Å². The lowest BCUT2D eigenvalue weighted by Crippen LogP contribution is -1.97. The van der Waals surface area contributed by atoms with E-state index in [2.05, 4.69) is 25.3 Å². The second kappa shape index (κ2) is 6.56. The third kappa shape index (κ3) is 3.40. The first-order valence-electron chi connectivity index (χ1n) is 7.78. The molecular formula is C18H15N5O2. The van der Waals surface area contributed by atoms with Crippen molar-refractivity contribution in [3.63, 3.8) is 0 Å². The predicted octanol–water partition coefficient (Wildman–Crippen LogP) is 3.41. The second-order valence-corrected chi connectivity index (χ2v) is 5.44. The lowest BCUT2D eigenvalue weighted by molar-refractivity contribution is 0.287. The first-order chi connectivity index (χ1) is 12.3. The molecule has 7 nitrogen and oxygen atoms in total. The normalized spacial score (nSPS) is 10.8. The lowest BCUT2D eigenvalue weighted by Gasteiger charge is -2.01. The van der Waals surface area contributed by atoms with Gasteiger partial charge in [-0.3, -0.25) is 5.10 Å². The Labute approximate surface area is 143 Å². The van der Waals surface area contributed by atoms with Crippen LogP contribution in [0.2, 0.25) is 0 Å². The van der Waals surface area contributed by atoms with Crippen LogP contribution in [0.15, 0.2) is 59.1 Å². The Kier molecular flexibility index (Phi) is 3.96. The largest absolute Gasteiger partial charge is 0.485 e. The van der Waals surface area contributed by atoms with Crippen LogP contribution in [0, 0.1) is 6.92 Å². The quantitative estimate of drug-likeness (QED) is 0.602. The molecule has 0 saturated carbocycles. The van der Waals surface area contributed by atoms with Gasteiger partial charge in [0.25, 0.3) is 5.89 Å². The molecule has 0 amide bonds. The maximum atomic E-state index is 5.62. The van der Waals surface area contributed by atoms with E-state index >= 15 is 0 Å². The summed E-state index contributed by atoms with van der Waals surface area (Å²) in [7, 11) is 0. The molecular weight excluding hydrogens is 318 g/mol. The van der Waals surface area contributed by atoms with E-state index in [-0.39, 0.29) is 6.61 Å². The fourth-order valence-electron chi connectivity index (χ4n) is 2.33. The molecule has 0 unspecified atom stereocenters. The Morgan fingerprint density at radius 3 is 2.44 bits per heavy atom. The molecule has 4 rings (SSSR count). The monoisotopic (exact) mass is 333 g/mol. The highest BCUT2D eigenvalue weighted by atomic mass is 16.5. The summed E-state index contributed by atoms with van der Waals surface area (Å²) in [4.78, 5) is 8.67. The minimum absolute atomic E-state index is 0.252. The molecule has 0 aliphatic carbocycles. The highest BCUT2D eigenvalue weighted by Gasteiger charge is 2.10. The van der Waals surface area contributed by atoms with E-state index in [4.69, 9.17) is 9.26 Å². The Balaban J connectivity index is 1.46. The van der Waals surface area contributed by atoms with Crippen LogP contribution in [0.5, 0.6) is 5.75 Å². The molecule has 0 bridgehead atoms. The summed E-state index contributed by atoms with van der Waals surface area (Å²) in [6.07, 6.45) is 0. The van der Waals surface area contributed by atoms with Gasteiger partial charge >= 0.3 is 0 Å². The van der Waals surface area contributed by atoms with Gasteiger partial charge in [-0.05, 0) is 31.2 Å². The van der Waals surface area contributed by atoms with Gasteiger partial charge in [0.2, 0.25) is 5.82 Å². The number of H-pyrrole nitrogens is 1. The van der Waals surface area contributed by atoms with Crippen molar-refractivity contribution in [3.8, 4) is 28.6 Å². The van der Waals surface area contributed by atoms with Crippen LogP contribution in [0.25, 0.3) is 22.8 Å². The molecule has 2 heterocycles. The molecule has 2 aromatic carbocycles. The van der Waals surface area contributed by atoms with Crippen LogP contribution >= 0.6 is 0 Å². The van der Waals surface area contributed by atoms with Gasteiger partial charge < -0.3 is 9.26 Å². The average Bonchev–Trinajstić information content (AvgIpc) is 3.30. The second-order valence-electron chi connectivity index (χ2n) is 5.44. The molecule has 0 aliphatic heterocycles. The number of ether oxygens (including phenoxy) is 1. The summed E-state index contributed by atoms with van der Waals surface area (Å²) >= 11 is 0. The van der Waals surface area contributed by atoms with Crippen molar-refractivity contribution in [3.05, 3.63) is 66.2 Å². The number of nitrogens with one attached hydrogen (secondary N) is 1. The van der Waals surface area contributed by atoms with Gasteiger partial charge in [0.05, 0.1) is 0 Å². The molecule has 25 heavy (non-hydrogen) atoms. The van der Waals surface area contributed by atoms with Crippen LogP contribution in [-0.2, 0) is 6.61 Å². The average molecular weight is 333 g/mol. The van der Waals surface area contributed by atoms with Crippen LogP contribution in [-0.4, -0.2) is 25.3 Å². The van der Waals surface area contributed by atoms with Crippen LogP contribution in [0.4, 0.5) is 0 Å². The summed E-state index contributed by atoms with van der Waals surface area (Å²) in [5.41, 5.74) is 1.75. The topological polar surface area (TPSA) is 89.7 Å². The number of aryl methyl sites for hydroxylation is 1. The lowest BCUT2D eigenvalue weighted by atomic mass is 10.1. The molecule has 0 atom stereocenters.